The predicted molar refractivity (Wildman–Crippen MR) is 95.8 cm³/mol. The average Bonchev–Trinajstić information content (AvgIpc) is 2.94. The fourth-order valence-corrected chi connectivity index (χ4v) is 3.36. The molecule has 0 unspecified atom stereocenters. The van der Waals surface area contributed by atoms with Crippen molar-refractivity contribution in [2.24, 2.45) is 0 Å². The van der Waals surface area contributed by atoms with Gasteiger partial charge in [-0.1, -0.05) is 23.2 Å². The summed E-state index contributed by atoms with van der Waals surface area (Å²) in [5.41, 5.74) is 3.57. The number of aromatic amines is 1. The molecule has 124 valence electrons. The standard InChI is InChI=1S/C18H15Cl2NO3/c1-9-5-11(24-2)8-16-13(9)6-10(21-16)7-14-15(19)4-3-12(17(14)20)18(22)23/h3-6,8,21H,7H2,1-2H3,(H,22,23). The number of nitrogens with one attached hydrogen (secondary N) is 1. The van der Waals surface area contributed by atoms with Crippen LogP contribution in [0.1, 0.15) is 27.2 Å². The number of hydrogen-bond acceptors (Lipinski definition) is 2. The Morgan fingerprint density at radius 2 is 2.00 bits per heavy atom. The van der Waals surface area contributed by atoms with E-state index in [2.05, 4.69) is 4.98 Å². The van der Waals surface area contributed by atoms with Crippen molar-refractivity contribution in [3.63, 3.8) is 0 Å². The van der Waals surface area contributed by atoms with Crippen LogP contribution >= 0.6 is 23.2 Å². The first kappa shape index (κ1) is 16.7. The molecule has 2 N–H and O–H groups in total. The van der Waals surface area contributed by atoms with Gasteiger partial charge in [-0.3, -0.25) is 0 Å². The molecule has 1 aromatic heterocycles. The summed E-state index contributed by atoms with van der Waals surface area (Å²) >= 11 is 12.5. The molecule has 0 fully saturated rings. The third-order valence-electron chi connectivity index (χ3n) is 3.99. The van der Waals surface area contributed by atoms with Crippen LogP contribution in [0.25, 0.3) is 10.9 Å². The van der Waals surface area contributed by atoms with Gasteiger partial charge in [-0.05, 0) is 42.3 Å². The number of rotatable bonds is 4. The third kappa shape index (κ3) is 2.95. The lowest BCUT2D eigenvalue weighted by Crippen LogP contribution is -2.01. The van der Waals surface area contributed by atoms with Gasteiger partial charge in [0.05, 0.1) is 17.7 Å². The lowest BCUT2D eigenvalue weighted by Gasteiger charge is -2.08. The summed E-state index contributed by atoms with van der Waals surface area (Å²) in [6.07, 6.45) is 0.412. The highest BCUT2D eigenvalue weighted by atomic mass is 35.5. The molecule has 0 aliphatic rings. The quantitative estimate of drug-likeness (QED) is 0.679. The highest BCUT2D eigenvalue weighted by molar-refractivity contribution is 6.38. The first-order chi connectivity index (χ1) is 11.4. The van der Waals surface area contributed by atoms with E-state index in [1.54, 1.807) is 13.2 Å². The molecule has 6 heteroatoms. The lowest BCUT2D eigenvalue weighted by atomic mass is 10.1. The lowest BCUT2D eigenvalue weighted by molar-refractivity contribution is 0.0697. The first-order valence-electron chi connectivity index (χ1n) is 7.27. The zero-order valence-corrected chi connectivity index (χ0v) is 14.6. The molecule has 0 aliphatic carbocycles. The number of aromatic nitrogens is 1. The summed E-state index contributed by atoms with van der Waals surface area (Å²) in [4.78, 5) is 14.6. The van der Waals surface area contributed by atoms with Crippen molar-refractivity contribution < 1.29 is 14.6 Å². The van der Waals surface area contributed by atoms with E-state index in [0.717, 1.165) is 27.9 Å². The third-order valence-corrected chi connectivity index (χ3v) is 4.78. The number of aryl methyl sites for hydroxylation is 1. The number of methoxy groups -OCH3 is 1. The van der Waals surface area contributed by atoms with Gasteiger partial charge in [0, 0.05) is 34.1 Å². The van der Waals surface area contributed by atoms with Gasteiger partial charge < -0.3 is 14.8 Å². The molecule has 0 bridgehead atoms. The Hall–Kier alpha value is -2.17. The SMILES string of the molecule is COc1cc(C)c2cc(Cc3c(Cl)ccc(C(=O)O)c3Cl)[nH]c2c1. The van der Waals surface area contributed by atoms with Gasteiger partial charge >= 0.3 is 5.97 Å². The van der Waals surface area contributed by atoms with E-state index in [9.17, 15) is 9.90 Å². The van der Waals surface area contributed by atoms with E-state index in [4.69, 9.17) is 27.9 Å². The molecule has 1 heterocycles. The minimum Gasteiger partial charge on any atom is -0.497 e. The van der Waals surface area contributed by atoms with E-state index in [-0.39, 0.29) is 10.6 Å². The number of aromatic carboxylic acids is 1. The van der Waals surface area contributed by atoms with Crippen LogP contribution in [-0.2, 0) is 6.42 Å². The zero-order valence-electron chi connectivity index (χ0n) is 13.1. The summed E-state index contributed by atoms with van der Waals surface area (Å²) in [5, 5.41) is 10.9. The molecular formula is C18H15Cl2NO3. The van der Waals surface area contributed by atoms with Gasteiger partial charge in [0.1, 0.15) is 5.75 Å². The second-order valence-electron chi connectivity index (χ2n) is 5.57. The number of carbonyl (C=O) groups is 1. The Bertz CT molecular complexity index is 947. The van der Waals surface area contributed by atoms with E-state index in [0.29, 0.717) is 17.0 Å². The molecule has 0 aliphatic heterocycles. The highest BCUT2D eigenvalue weighted by Gasteiger charge is 2.17. The van der Waals surface area contributed by atoms with Crippen molar-refractivity contribution in [2.75, 3.05) is 7.11 Å². The number of benzene rings is 2. The summed E-state index contributed by atoms with van der Waals surface area (Å²) in [6.45, 7) is 2.01. The number of fused-ring (bicyclic) bond motifs is 1. The van der Waals surface area contributed by atoms with E-state index in [1.807, 2.05) is 25.1 Å². The van der Waals surface area contributed by atoms with Crippen molar-refractivity contribution >= 4 is 40.1 Å². The van der Waals surface area contributed by atoms with Crippen LogP contribution in [0.4, 0.5) is 0 Å². The van der Waals surface area contributed by atoms with Gasteiger partial charge in [0.25, 0.3) is 0 Å². The number of H-pyrrole nitrogens is 1. The van der Waals surface area contributed by atoms with Crippen molar-refractivity contribution in [3.05, 3.63) is 62.8 Å². The van der Waals surface area contributed by atoms with Gasteiger partial charge in [0.2, 0.25) is 0 Å². The minimum absolute atomic E-state index is 0.0463. The monoisotopic (exact) mass is 363 g/mol. The number of halogens is 2. The predicted octanol–water partition coefficient (Wildman–Crippen LogP) is 5.08. The molecule has 0 atom stereocenters. The Morgan fingerprint density at radius 1 is 1.25 bits per heavy atom. The largest absolute Gasteiger partial charge is 0.497 e. The highest BCUT2D eigenvalue weighted by Crippen LogP contribution is 2.32. The molecule has 0 saturated heterocycles. The van der Waals surface area contributed by atoms with Crippen LogP contribution < -0.4 is 4.74 Å². The van der Waals surface area contributed by atoms with Crippen LogP contribution in [0.5, 0.6) is 5.75 Å². The van der Waals surface area contributed by atoms with Gasteiger partial charge in [-0.2, -0.15) is 0 Å². The number of hydrogen-bond donors (Lipinski definition) is 2. The van der Waals surface area contributed by atoms with E-state index in [1.165, 1.54) is 6.07 Å². The maximum Gasteiger partial charge on any atom is 0.337 e. The van der Waals surface area contributed by atoms with Gasteiger partial charge in [-0.15, -0.1) is 0 Å². The average molecular weight is 364 g/mol. The summed E-state index contributed by atoms with van der Waals surface area (Å²) in [7, 11) is 1.63. The Balaban J connectivity index is 2.06. The Kier molecular flexibility index (Phi) is 4.43. The minimum atomic E-state index is -1.07. The molecule has 3 aromatic rings. The van der Waals surface area contributed by atoms with Gasteiger partial charge in [0.15, 0.2) is 0 Å². The topological polar surface area (TPSA) is 62.3 Å². The molecule has 3 rings (SSSR count). The maximum absolute atomic E-state index is 11.2. The van der Waals surface area contributed by atoms with Crippen LogP contribution in [-0.4, -0.2) is 23.2 Å². The molecule has 4 nitrogen and oxygen atoms in total. The Labute approximate surface area is 149 Å². The number of carboxylic acids is 1. The molecule has 0 amide bonds. The molecular weight excluding hydrogens is 349 g/mol. The zero-order chi connectivity index (χ0) is 17.4. The van der Waals surface area contributed by atoms with Crippen LogP contribution in [0.15, 0.2) is 30.3 Å². The maximum atomic E-state index is 11.2. The van der Waals surface area contributed by atoms with Gasteiger partial charge in [-0.25, -0.2) is 4.79 Å². The smallest absolute Gasteiger partial charge is 0.337 e. The van der Waals surface area contributed by atoms with E-state index < -0.39 is 5.97 Å². The molecule has 0 spiro atoms. The molecule has 0 saturated carbocycles. The van der Waals surface area contributed by atoms with Crippen LogP contribution in [0.2, 0.25) is 10.0 Å². The summed E-state index contributed by atoms with van der Waals surface area (Å²) in [6, 6.07) is 8.87. The normalized spacial score (nSPS) is 11.0. The van der Waals surface area contributed by atoms with Crippen LogP contribution in [0.3, 0.4) is 0 Å². The molecule has 24 heavy (non-hydrogen) atoms. The van der Waals surface area contributed by atoms with E-state index >= 15 is 0 Å². The van der Waals surface area contributed by atoms with Crippen LogP contribution in [0, 0.1) is 6.92 Å². The fourth-order valence-electron chi connectivity index (χ4n) is 2.77. The van der Waals surface area contributed by atoms with Crippen molar-refractivity contribution in [3.8, 4) is 5.75 Å². The molecule has 0 radical (unpaired) electrons. The number of ether oxygens (including phenoxy) is 1. The first-order valence-corrected chi connectivity index (χ1v) is 8.02. The summed E-state index contributed by atoms with van der Waals surface area (Å²) in [5.74, 6) is -0.299. The fraction of sp³-hybridized carbons (Fsp3) is 0.167. The van der Waals surface area contributed by atoms with Crippen molar-refractivity contribution in [1.82, 2.24) is 4.98 Å². The number of carboxylic acid groups (broad SMARTS) is 1. The molecule has 2 aromatic carbocycles. The van der Waals surface area contributed by atoms with Crippen molar-refractivity contribution in [2.45, 2.75) is 13.3 Å². The summed E-state index contributed by atoms with van der Waals surface area (Å²) < 4.78 is 5.28. The van der Waals surface area contributed by atoms with Crippen molar-refractivity contribution in [1.29, 1.82) is 0 Å². The second-order valence-corrected chi connectivity index (χ2v) is 6.35. The Morgan fingerprint density at radius 3 is 2.67 bits per heavy atom. The second kappa shape index (κ2) is 6.38.